The molecule has 2 rings (SSSR count). The fraction of sp³-hybridized carbons (Fsp3) is 0.0769. The van der Waals surface area contributed by atoms with Gasteiger partial charge in [-0.05, 0) is 53.8 Å². The van der Waals surface area contributed by atoms with E-state index in [0.717, 1.165) is 15.0 Å². The fourth-order valence-corrected chi connectivity index (χ4v) is 2.10. The van der Waals surface area contributed by atoms with Crippen LogP contribution >= 0.6 is 22.6 Å². The lowest BCUT2D eigenvalue weighted by Gasteiger charge is -2.10. The van der Waals surface area contributed by atoms with Crippen LogP contribution in [-0.4, -0.2) is 16.1 Å². The lowest BCUT2D eigenvalue weighted by atomic mass is 10.2. The third-order valence-corrected chi connectivity index (χ3v) is 3.05. The molecule has 0 atom stereocenters. The molecular weight excluding hydrogens is 343 g/mol. The second-order valence-corrected chi connectivity index (χ2v) is 5.06. The van der Waals surface area contributed by atoms with Gasteiger partial charge >= 0.3 is 5.97 Å². The van der Waals surface area contributed by atoms with Crippen LogP contribution in [-0.2, 0) is 0 Å². The Morgan fingerprint density at radius 2 is 2.17 bits per heavy atom. The predicted octanol–water partition coefficient (Wildman–Crippen LogP) is 3.44. The predicted molar refractivity (Wildman–Crippen MR) is 78.4 cm³/mol. The molecule has 1 aromatic heterocycles. The van der Waals surface area contributed by atoms with E-state index < -0.39 is 5.97 Å². The monoisotopic (exact) mass is 354 g/mol. The lowest BCUT2D eigenvalue weighted by molar-refractivity contribution is 0.0697. The van der Waals surface area contributed by atoms with Crippen molar-refractivity contribution in [1.29, 1.82) is 0 Å². The van der Waals surface area contributed by atoms with E-state index in [-0.39, 0.29) is 5.56 Å². The molecule has 0 saturated carbocycles. The van der Waals surface area contributed by atoms with Crippen molar-refractivity contribution in [3.05, 3.63) is 51.4 Å². The number of rotatable bonds is 3. The van der Waals surface area contributed by atoms with Crippen molar-refractivity contribution >= 4 is 39.9 Å². The summed E-state index contributed by atoms with van der Waals surface area (Å²) < 4.78 is 1.08. The summed E-state index contributed by atoms with van der Waals surface area (Å²) in [5.41, 5.74) is 2.35. The molecule has 2 N–H and O–H groups in total. The molecule has 0 aliphatic carbocycles. The summed E-state index contributed by atoms with van der Waals surface area (Å²) in [6, 6.07) is 9.45. The first-order valence-electron chi connectivity index (χ1n) is 5.29. The van der Waals surface area contributed by atoms with Crippen molar-refractivity contribution in [1.82, 2.24) is 4.98 Å². The van der Waals surface area contributed by atoms with E-state index >= 15 is 0 Å². The number of aryl methyl sites for hydroxylation is 1. The quantitative estimate of drug-likeness (QED) is 0.829. The van der Waals surface area contributed by atoms with E-state index in [1.807, 2.05) is 31.2 Å². The van der Waals surface area contributed by atoms with Gasteiger partial charge in [-0.25, -0.2) is 4.79 Å². The minimum Gasteiger partial charge on any atom is -0.478 e. The first-order chi connectivity index (χ1) is 8.56. The smallest absolute Gasteiger partial charge is 0.339 e. The molecule has 0 aliphatic rings. The first-order valence-corrected chi connectivity index (χ1v) is 6.36. The number of nitrogens with zero attached hydrogens (tertiary/aromatic N) is 1. The third-order valence-electron chi connectivity index (χ3n) is 2.37. The lowest BCUT2D eigenvalue weighted by Crippen LogP contribution is -2.04. The van der Waals surface area contributed by atoms with Crippen molar-refractivity contribution in [3.8, 4) is 0 Å². The Morgan fingerprint density at radius 1 is 1.39 bits per heavy atom. The molecule has 92 valence electrons. The summed E-state index contributed by atoms with van der Waals surface area (Å²) in [5, 5.41) is 12.2. The molecule has 18 heavy (non-hydrogen) atoms. The van der Waals surface area contributed by atoms with Crippen molar-refractivity contribution < 1.29 is 9.90 Å². The number of carboxylic acids is 1. The van der Waals surface area contributed by atoms with Gasteiger partial charge in [-0.3, -0.25) is 4.98 Å². The summed E-state index contributed by atoms with van der Waals surface area (Å²) in [5.74, 6) is -0.990. The van der Waals surface area contributed by atoms with Gasteiger partial charge in [0.1, 0.15) is 5.56 Å². The number of benzene rings is 1. The highest BCUT2D eigenvalue weighted by Gasteiger charge is 2.11. The number of aromatic carboxylic acids is 1. The van der Waals surface area contributed by atoms with E-state index in [1.54, 1.807) is 6.07 Å². The first kappa shape index (κ1) is 12.8. The van der Waals surface area contributed by atoms with Crippen molar-refractivity contribution in [2.24, 2.45) is 0 Å². The standard InChI is InChI=1S/C13H11IN2O2/c1-8-5-12(11(7-15-8)13(17)18)16-10-4-2-3-9(14)6-10/h2-7H,1H3,(H,15,16)(H,17,18). The molecule has 0 spiro atoms. The molecule has 0 saturated heterocycles. The third kappa shape index (κ3) is 2.98. The Bertz CT molecular complexity index is 599. The van der Waals surface area contributed by atoms with Crippen LogP contribution in [0.1, 0.15) is 16.1 Å². The molecule has 1 heterocycles. The Labute approximate surface area is 118 Å². The van der Waals surface area contributed by atoms with Crippen LogP contribution in [0, 0.1) is 10.5 Å². The molecule has 5 heteroatoms. The molecular formula is C13H11IN2O2. The Balaban J connectivity index is 2.39. The van der Waals surface area contributed by atoms with Crippen molar-refractivity contribution in [3.63, 3.8) is 0 Å². The Kier molecular flexibility index (Phi) is 3.81. The van der Waals surface area contributed by atoms with Crippen LogP contribution in [0.3, 0.4) is 0 Å². The van der Waals surface area contributed by atoms with Crippen LogP contribution in [0.2, 0.25) is 0 Å². The van der Waals surface area contributed by atoms with E-state index in [2.05, 4.69) is 32.9 Å². The molecule has 0 amide bonds. The minimum atomic E-state index is -0.990. The number of pyridine rings is 1. The molecule has 0 aliphatic heterocycles. The molecule has 0 bridgehead atoms. The SMILES string of the molecule is Cc1cc(Nc2cccc(I)c2)c(C(=O)O)cn1. The number of hydrogen-bond acceptors (Lipinski definition) is 3. The van der Waals surface area contributed by atoms with Crippen molar-refractivity contribution in [2.45, 2.75) is 6.92 Å². The number of halogens is 1. The largest absolute Gasteiger partial charge is 0.478 e. The topological polar surface area (TPSA) is 62.2 Å². The van der Waals surface area contributed by atoms with E-state index in [9.17, 15) is 4.79 Å². The van der Waals surface area contributed by atoms with Gasteiger partial charge in [0.05, 0.1) is 5.69 Å². The maximum absolute atomic E-state index is 11.1. The number of aromatic nitrogens is 1. The zero-order chi connectivity index (χ0) is 13.1. The number of hydrogen-bond donors (Lipinski definition) is 2. The van der Waals surface area contributed by atoms with Crippen LogP contribution in [0.5, 0.6) is 0 Å². The maximum Gasteiger partial charge on any atom is 0.339 e. The van der Waals surface area contributed by atoms with Gasteiger partial charge in [0.2, 0.25) is 0 Å². The summed E-state index contributed by atoms with van der Waals surface area (Å²) in [4.78, 5) is 15.1. The van der Waals surface area contributed by atoms with E-state index in [0.29, 0.717) is 5.69 Å². The molecule has 1 aromatic carbocycles. The normalized spacial score (nSPS) is 10.1. The zero-order valence-corrected chi connectivity index (χ0v) is 11.8. The fourth-order valence-electron chi connectivity index (χ4n) is 1.56. The number of nitrogens with one attached hydrogen (secondary N) is 1. The number of anilines is 2. The zero-order valence-electron chi connectivity index (χ0n) is 9.64. The summed E-state index contributed by atoms with van der Waals surface area (Å²) in [7, 11) is 0. The number of carbonyl (C=O) groups is 1. The van der Waals surface area contributed by atoms with Crippen LogP contribution in [0.4, 0.5) is 11.4 Å². The van der Waals surface area contributed by atoms with Gasteiger partial charge in [0.15, 0.2) is 0 Å². The van der Waals surface area contributed by atoms with Gasteiger partial charge in [-0.2, -0.15) is 0 Å². The van der Waals surface area contributed by atoms with Gasteiger partial charge in [-0.1, -0.05) is 6.07 Å². The van der Waals surface area contributed by atoms with Gasteiger partial charge in [-0.15, -0.1) is 0 Å². The van der Waals surface area contributed by atoms with Gasteiger partial charge in [0.25, 0.3) is 0 Å². The average molecular weight is 354 g/mol. The Morgan fingerprint density at radius 3 is 2.83 bits per heavy atom. The molecule has 0 radical (unpaired) electrons. The second-order valence-electron chi connectivity index (χ2n) is 3.81. The summed E-state index contributed by atoms with van der Waals surface area (Å²) in [6.07, 6.45) is 1.37. The molecule has 4 nitrogen and oxygen atoms in total. The van der Waals surface area contributed by atoms with Crippen LogP contribution in [0.25, 0.3) is 0 Å². The van der Waals surface area contributed by atoms with Crippen LogP contribution < -0.4 is 5.32 Å². The number of carboxylic acid groups (broad SMARTS) is 1. The van der Waals surface area contributed by atoms with E-state index in [4.69, 9.17) is 5.11 Å². The van der Waals surface area contributed by atoms with Crippen LogP contribution in [0.15, 0.2) is 36.5 Å². The minimum absolute atomic E-state index is 0.166. The second kappa shape index (κ2) is 5.34. The highest BCUT2D eigenvalue weighted by molar-refractivity contribution is 14.1. The maximum atomic E-state index is 11.1. The molecule has 2 aromatic rings. The van der Waals surface area contributed by atoms with Crippen molar-refractivity contribution in [2.75, 3.05) is 5.32 Å². The van der Waals surface area contributed by atoms with Gasteiger partial charge in [0, 0.05) is 21.1 Å². The summed E-state index contributed by atoms with van der Waals surface area (Å²) in [6.45, 7) is 1.82. The highest BCUT2D eigenvalue weighted by Crippen LogP contribution is 2.22. The Hall–Kier alpha value is -1.63. The molecule has 0 unspecified atom stereocenters. The highest BCUT2D eigenvalue weighted by atomic mass is 127. The summed E-state index contributed by atoms with van der Waals surface area (Å²) >= 11 is 2.21. The van der Waals surface area contributed by atoms with E-state index in [1.165, 1.54) is 6.20 Å². The average Bonchev–Trinajstić information content (AvgIpc) is 2.28. The molecule has 0 fully saturated rings. The van der Waals surface area contributed by atoms with Gasteiger partial charge < -0.3 is 10.4 Å².